The molecule has 133 valence electrons. The summed E-state index contributed by atoms with van der Waals surface area (Å²) in [6.07, 6.45) is 0. The molecule has 0 fully saturated rings. The number of halogens is 4. The minimum absolute atomic E-state index is 0.578. The lowest BCUT2D eigenvalue weighted by atomic mass is 9.93. The molecule has 0 aromatic heterocycles. The molecule has 1 radical (unpaired) electrons. The van der Waals surface area contributed by atoms with Gasteiger partial charge < -0.3 is 9.47 Å². The van der Waals surface area contributed by atoms with Crippen LogP contribution >= 0.6 is 70.4 Å². The van der Waals surface area contributed by atoms with Crippen LogP contribution in [0.3, 0.4) is 0 Å². The fraction of sp³-hybridized carbons (Fsp3) is 0.100. The molecule has 3 aromatic rings. The Kier molecular flexibility index (Phi) is 6.69. The van der Waals surface area contributed by atoms with Gasteiger partial charge in [0.15, 0.2) is 11.5 Å². The molecule has 0 aliphatic rings. The lowest BCUT2D eigenvalue weighted by Gasteiger charge is -2.19. The van der Waals surface area contributed by atoms with E-state index in [2.05, 4.69) is 101 Å². The summed E-state index contributed by atoms with van der Waals surface area (Å²) in [6.45, 7) is 0. The molecule has 3 aromatic carbocycles. The van der Waals surface area contributed by atoms with Crippen LogP contribution in [0.15, 0.2) is 55.9 Å². The first-order valence-corrected chi connectivity index (χ1v) is 11.0. The van der Waals surface area contributed by atoms with Gasteiger partial charge in [-0.1, -0.05) is 59.9 Å². The summed E-state index contributed by atoms with van der Waals surface area (Å²) >= 11 is 13.2. The van der Waals surface area contributed by atoms with Crippen molar-refractivity contribution in [1.82, 2.24) is 0 Å². The van der Waals surface area contributed by atoms with Gasteiger partial charge in [-0.15, -0.1) is 0 Å². The molecule has 0 bridgehead atoms. The Labute approximate surface area is 191 Å². The van der Waals surface area contributed by atoms with E-state index in [0.717, 1.165) is 35.7 Å². The number of benzene rings is 3. The summed E-state index contributed by atoms with van der Waals surface area (Å²) in [5, 5.41) is 0. The van der Waals surface area contributed by atoms with Crippen LogP contribution in [-0.2, 0) is 0 Å². The average molecular weight is 652 g/mol. The summed E-state index contributed by atoms with van der Waals surface area (Å²) in [4.78, 5) is 0. The van der Waals surface area contributed by atoms with E-state index in [1.54, 1.807) is 14.2 Å². The maximum Gasteiger partial charge on any atom is 0.169 e. The predicted molar refractivity (Wildman–Crippen MR) is 125 cm³/mol. The third kappa shape index (κ3) is 3.98. The zero-order valence-electron chi connectivity index (χ0n) is 13.9. The van der Waals surface area contributed by atoms with Crippen LogP contribution in [0, 0.1) is 9.64 Å². The van der Waals surface area contributed by atoms with Gasteiger partial charge >= 0.3 is 0 Å². The molecule has 2 nitrogen and oxygen atoms in total. The Hall–Kier alpha value is -0.570. The minimum Gasteiger partial charge on any atom is -0.492 e. The van der Waals surface area contributed by atoms with E-state index in [1.165, 1.54) is 3.57 Å². The molecule has 0 saturated heterocycles. The first kappa shape index (κ1) is 20.2. The van der Waals surface area contributed by atoms with Gasteiger partial charge in [-0.2, -0.15) is 0 Å². The lowest BCUT2D eigenvalue weighted by molar-refractivity contribution is 0.355. The molecule has 0 aliphatic carbocycles. The molecule has 0 unspecified atom stereocenters. The van der Waals surface area contributed by atoms with Gasteiger partial charge in [-0.25, -0.2) is 0 Å². The van der Waals surface area contributed by atoms with Crippen molar-refractivity contribution < 1.29 is 9.47 Å². The molecule has 0 amide bonds. The van der Waals surface area contributed by atoms with E-state index in [0.29, 0.717) is 11.5 Å². The highest BCUT2D eigenvalue weighted by molar-refractivity contribution is 14.1. The predicted octanol–water partition coefficient (Wildman–Crippen LogP) is 7.73. The van der Waals surface area contributed by atoms with E-state index >= 15 is 0 Å². The van der Waals surface area contributed by atoms with Crippen LogP contribution in [0.2, 0.25) is 0 Å². The first-order valence-electron chi connectivity index (χ1n) is 7.53. The average Bonchev–Trinajstić information content (AvgIpc) is 2.61. The second kappa shape index (κ2) is 8.63. The van der Waals surface area contributed by atoms with Crippen LogP contribution in [0.4, 0.5) is 0 Å². The van der Waals surface area contributed by atoms with Crippen molar-refractivity contribution in [3.8, 4) is 33.8 Å². The molecule has 0 aliphatic heterocycles. The number of hydrogen-bond donors (Lipinski definition) is 0. The van der Waals surface area contributed by atoms with E-state index in [4.69, 9.17) is 9.47 Å². The highest BCUT2D eigenvalue weighted by Crippen LogP contribution is 2.48. The summed E-state index contributed by atoms with van der Waals surface area (Å²) in [7, 11) is 3.27. The van der Waals surface area contributed by atoms with E-state index in [-0.39, 0.29) is 0 Å². The van der Waals surface area contributed by atoms with Crippen LogP contribution < -0.4 is 9.47 Å². The fourth-order valence-corrected chi connectivity index (χ4v) is 5.80. The molecule has 26 heavy (non-hydrogen) atoms. The number of hydrogen-bond acceptors (Lipinski definition) is 2. The largest absolute Gasteiger partial charge is 0.492 e. The highest BCUT2D eigenvalue weighted by atomic mass is 127. The smallest absolute Gasteiger partial charge is 0.169 e. The third-order valence-corrected chi connectivity index (χ3v) is 6.30. The van der Waals surface area contributed by atoms with Crippen molar-refractivity contribution in [1.29, 1.82) is 0 Å². The first-order chi connectivity index (χ1) is 12.5. The quantitative estimate of drug-likeness (QED) is 0.269. The zero-order chi connectivity index (χ0) is 18.8. The minimum atomic E-state index is 0.578. The van der Waals surface area contributed by atoms with Crippen LogP contribution in [0.1, 0.15) is 0 Å². The van der Waals surface area contributed by atoms with Gasteiger partial charge in [-0.3, -0.25) is 0 Å². The molecule has 0 saturated carbocycles. The lowest BCUT2D eigenvalue weighted by Crippen LogP contribution is -1.97. The second-order valence-electron chi connectivity index (χ2n) is 5.40. The van der Waals surface area contributed by atoms with Crippen LogP contribution in [0.5, 0.6) is 11.5 Å². The Morgan fingerprint density at radius 2 is 1.50 bits per heavy atom. The SMILES string of the molecule is COc1[c]cc(-c2c(Br)cc(Br)cc2Br)c(-c2ccc(I)cc2)c1OC. The van der Waals surface area contributed by atoms with Gasteiger partial charge in [0.1, 0.15) is 0 Å². The Balaban J connectivity index is 2.38. The van der Waals surface area contributed by atoms with Crippen molar-refractivity contribution in [2.75, 3.05) is 14.2 Å². The molecule has 3 rings (SSSR count). The maximum absolute atomic E-state index is 5.72. The van der Waals surface area contributed by atoms with E-state index in [1.807, 2.05) is 18.2 Å². The molecule has 0 atom stereocenters. The number of methoxy groups -OCH3 is 2. The fourth-order valence-electron chi connectivity index (χ4n) is 2.76. The standard InChI is InChI=1S/C20H13Br3IO2/c1-25-17-8-7-14(19-15(22)9-12(21)10-16(19)23)18(20(17)26-2)11-3-5-13(24)6-4-11/h3-7,9-10H,1-2H3. The summed E-state index contributed by atoms with van der Waals surface area (Å²) < 4.78 is 15.3. The normalized spacial score (nSPS) is 10.7. The van der Waals surface area contributed by atoms with Crippen molar-refractivity contribution in [3.63, 3.8) is 0 Å². The van der Waals surface area contributed by atoms with E-state index < -0.39 is 0 Å². The van der Waals surface area contributed by atoms with Crippen molar-refractivity contribution in [3.05, 3.63) is 65.5 Å². The zero-order valence-corrected chi connectivity index (χ0v) is 20.8. The van der Waals surface area contributed by atoms with Gasteiger partial charge in [0.2, 0.25) is 0 Å². The van der Waals surface area contributed by atoms with Crippen LogP contribution in [-0.4, -0.2) is 14.2 Å². The highest BCUT2D eigenvalue weighted by Gasteiger charge is 2.21. The topological polar surface area (TPSA) is 18.5 Å². The van der Waals surface area contributed by atoms with E-state index in [9.17, 15) is 0 Å². The Morgan fingerprint density at radius 3 is 2.04 bits per heavy atom. The molecular formula is C20H13Br3IO2. The molecule has 0 N–H and O–H groups in total. The number of rotatable bonds is 4. The monoisotopic (exact) mass is 649 g/mol. The molecule has 6 heteroatoms. The molecule has 0 spiro atoms. The Bertz CT molecular complexity index is 933. The van der Waals surface area contributed by atoms with Gasteiger partial charge in [0.25, 0.3) is 0 Å². The molecule has 0 heterocycles. The number of ether oxygens (including phenoxy) is 2. The van der Waals surface area contributed by atoms with Crippen molar-refractivity contribution >= 4 is 70.4 Å². The summed E-state index contributed by atoms with van der Waals surface area (Å²) in [5.41, 5.74) is 4.03. The second-order valence-corrected chi connectivity index (χ2v) is 9.27. The van der Waals surface area contributed by atoms with Gasteiger partial charge in [-0.05, 0) is 64.0 Å². The van der Waals surface area contributed by atoms with Crippen molar-refractivity contribution in [2.45, 2.75) is 0 Å². The third-order valence-electron chi connectivity index (χ3n) is 3.87. The summed E-state index contributed by atoms with van der Waals surface area (Å²) in [5.74, 6) is 1.24. The van der Waals surface area contributed by atoms with Crippen LogP contribution in [0.25, 0.3) is 22.3 Å². The van der Waals surface area contributed by atoms with Gasteiger partial charge in [0.05, 0.1) is 14.2 Å². The maximum atomic E-state index is 5.72. The van der Waals surface area contributed by atoms with Crippen molar-refractivity contribution in [2.24, 2.45) is 0 Å². The van der Waals surface area contributed by atoms with Gasteiger partial charge in [0, 0.05) is 34.2 Å². The molecular weight excluding hydrogens is 639 g/mol. The summed E-state index contributed by atoms with van der Waals surface area (Å²) in [6, 6.07) is 17.5. The Morgan fingerprint density at radius 1 is 0.885 bits per heavy atom.